The summed E-state index contributed by atoms with van der Waals surface area (Å²) in [5, 5.41) is 2.90. The van der Waals surface area contributed by atoms with Gasteiger partial charge in [0.15, 0.2) is 0 Å². The molecule has 0 fully saturated rings. The summed E-state index contributed by atoms with van der Waals surface area (Å²) in [7, 11) is 0. The van der Waals surface area contributed by atoms with E-state index in [1.165, 1.54) is 5.56 Å². The molecule has 0 spiro atoms. The molecule has 122 valence electrons. The minimum atomic E-state index is -0.165. The molecular formula is C19H23NO3. The van der Waals surface area contributed by atoms with E-state index >= 15 is 0 Å². The number of amides is 1. The van der Waals surface area contributed by atoms with Crippen molar-refractivity contribution in [2.75, 3.05) is 18.5 Å². The van der Waals surface area contributed by atoms with Crippen molar-refractivity contribution in [2.45, 2.75) is 27.2 Å². The second-order valence-corrected chi connectivity index (χ2v) is 5.03. The Bertz CT molecular complexity index is 650. The van der Waals surface area contributed by atoms with Crippen molar-refractivity contribution in [2.24, 2.45) is 0 Å². The van der Waals surface area contributed by atoms with Crippen LogP contribution in [0.5, 0.6) is 11.5 Å². The topological polar surface area (TPSA) is 47.6 Å². The molecule has 0 aliphatic carbocycles. The van der Waals surface area contributed by atoms with Crippen LogP contribution in [0, 0.1) is 0 Å². The summed E-state index contributed by atoms with van der Waals surface area (Å²) in [5.74, 6) is 1.17. The summed E-state index contributed by atoms with van der Waals surface area (Å²) in [5.41, 5.74) is 2.43. The van der Waals surface area contributed by atoms with Gasteiger partial charge in [-0.2, -0.15) is 0 Å². The first-order valence-corrected chi connectivity index (χ1v) is 7.97. The number of carbonyl (C=O) groups is 1. The zero-order valence-corrected chi connectivity index (χ0v) is 13.9. The number of aryl methyl sites for hydroxylation is 1. The third-order valence-electron chi connectivity index (χ3n) is 3.43. The van der Waals surface area contributed by atoms with Crippen molar-refractivity contribution >= 4 is 11.6 Å². The van der Waals surface area contributed by atoms with Gasteiger partial charge in [0, 0.05) is 11.6 Å². The summed E-state index contributed by atoms with van der Waals surface area (Å²) < 4.78 is 11.1. The number of anilines is 1. The standard InChI is InChI=1S/C19H23NO3/c1-4-14-7-9-15(10-8-14)19(21)20-17-13-16(22-5-2)11-12-18(17)23-6-3/h7-13H,4-6H2,1-3H3,(H,20,21). The van der Waals surface area contributed by atoms with Crippen LogP contribution >= 0.6 is 0 Å². The lowest BCUT2D eigenvalue weighted by Crippen LogP contribution is -2.13. The summed E-state index contributed by atoms with van der Waals surface area (Å²) >= 11 is 0. The van der Waals surface area contributed by atoms with E-state index in [0.717, 1.165) is 6.42 Å². The molecule has 0 heterocycles. The molecule has 4 nitrogen and oxygen atoms in total. The molecule has 1 N–H and O–H groups in total. The predicted molar refractivity (Wildman–Crippen MR) is 92.6 cm³/mol. The van der Waals surface area contributed by atoms with Crippen molar-refractivity contribution in [1.82, 2.24) is 0 Å². The molecule has 0 radical (unpaired) electrons. The van der Waals surface area contributed by atoms with Gasteiger partial charge in [-0.25, -0.2) is 0 Å². The number of nitrogens with one attached hydrogen (secondary N) is 1. The lowest BCUT2D eigenvalue weighted by Gasteiger charge is -2.13. The Kier molecular flexibility index (Phi) is 6.03. The maximum absolute atomic E-state index is 12.4. The van der Waals surface area contributed by atoms with Gasteiger partial charge in [0.2, 0.25) is 0 Å². The molecule has 2 aromatic rings. The molecule has 0 bridgehead atoms. The van der Waals surface area contributed by atoms with Crippen LogP contribution in [0.3, 0.4) is 0 Å². The highest BCUT2D eigenvalue weighted by molar-refractivity contribution is 6.05. The predicted octanol–water partition coefficient (Wildman–Crippen LogP) is 4.30. The van der Waals surface area contributed by atoms with E-state index in [0.29, 0.717) is 36.0 Å². The minimum absolute atomic E-state index is 0.165. The Morgan fingerprint density at radius 2 is 1.65 bits per heavy atom. The van der Waals surface area contributed by atoms with Gasteiger partial charge < -0.3 is 14.8 Å². The number of carbonyl (C=O) groups excluding carboxylic acids is 1. The van der Waals surface area contributed by atoms with E-state index in [-0.39, 0.29) is 5.91 Å². The summed E-state index contributed by atoms with van der Waals surface area (Å²) in [6.45, 7) is 7.01. The lowest BCUT2D eigenvalue weighted by atomic mass is 10.1. The Morgan fingerprint density at radius 1 is 0.957 bits per heavy atom. The van der Waals surface area contributed by atoms with Gasteiger partial charge in [-0.3, -0.25) is 4.79 Å². The molecule has 0 unspecified atom stereocenters. The van der Waals surface area contributed by atoms with Crippen molar-refractivity contribution in [1.29, 1.82) is 0 Å². The van der Waals surface area contributed by atoms with Gasteiger partial charge in [-0.1, -0.05) is 19.1 Å². The van der Waals surface area contributed by atoms with Crippen LogP contribution in [0.2, 0.25) is 0 Å². The maximum atomic E-state index is 12.4. The van der Waals surface area contributed by atoms with Crippen LogP contribution in [-0.4, -0.2) is 19.1 Å². The zero-order valence-electron chi connectivity index (χ0n) is 13.9. The molecule has 0 aliphatic rings. The average molecular weight is 313 g/mol. The van der Waals surface area contributed by atoms with Crippen LogP contribution in [0.4, 0.5) is 5.69 Å². The van der Waals surface area contributed by atoms with Gasteiger partial charge in [-0.05, 0) is 50.1 Å². The summed E-state index contributed by atoms with van der Waals surface area (Å²) in [6.07, 6.45) is 0.951. The van der Waals surface area contributed by atoms with Crippen LogP contribution in [0.25, 0.3) is 0 Å². The number of hydrogen-bond donors (Lipinski definition) is 1. The zero-order chi connectivity index (χ0) is 16.7. The molecule has 4 heteroatoms. The van der Waals surface area contributed by atoms with Gasteiger partial charge in [-0.15, -0.1) is 0 Å². The molecule has 0 aliphatic heterocycles. The molecule has 2 rings (SSSR count). The second kappa shape index (κ2) is 8.22. The molecule has 0 saturated carbocycles. The summed E-state index contributed by atoms with van der Waals surface area (Å²) in [4.78, 5) is 12.4. The first kappa shape index (κ1) is 16.9. The fraction of sp³-hybridized carbons (Fsp3) is 0.316. The van der Waals surface area contributed by atoms with E-state index in [9.17, 15) is 4.79 Å². The van der Waals surface area contributed by atoms with Crippen molar-refractivity contribution in [3.8, 4) is 11.5 Å². The SMILES string of the molecule is CCOc1ccc(OCC)c(NC(=O)c2ccc(CC)cc2)c1. The number of hydrogen-bond acceptors (Lipinski definition) is 3. The van der Waals surface area contributed by atoms with Gasteiger partial charge >= 0.3 is 0 Å². The average Bonchev–Trinajstić information content (AvgIpc) is 2.57. The maximum Gasteiger partial charge on any atom is 0.255 e. The van der Waals surface area contributed by atoms with E-state index < -0.39 is 0 Å². The first-order chi connectivity index (χ1) is 11.2. The highest BCUT2D eigenvalue weighted by Gasteiger charge is 2.11. The highest BCUT2D eigenvalue weighted by atomic mass is 16.5. The number of ether oxygens (including phenoxy) is 2. The highest BCUT2D eigenvalue weighted by Crippen LogP contribution is 2.30. The largest absolute Gasteiger partial charge is 0.494 e. The van der Waals surface area contributed by atoms with Gasteiger partial charge in [0.1, 0.15) is 11.5 Å². The Hall–Kier alpha value is -2.49. The van der Waals surface area contributed by atoms with E-state index in [1.54, 1.807) is 6.07 Å². The third kappa shape index (κ3) is 4.49. The van der Waals surface area contributed by atoms with Crippen molar-refractivity contribution < 1.29 is 14.3 Å². The Labute approximate surface area is 137 Å². The Balaban J connectivity index is 2.21. The molecule has 0 saturated heterocycles. The quantitative estimate of drug-likeness (QED) is 0.829. The molecular weight excluding hydrogens is 290 g/mol. The lowest BCUT2D eigenvalue weighted by molar-refractivity contribution is 0.102. The molecule has 23 heavy (non-hydrogen) atoms. The van der Waals surface area contributed by atoms with Crippen molar-refractivity contribution in [3.63, 3.8) is 0 Å². The number of rotatable bonds is 7. The van der Waals surface area contributed by atoms with E-state index in [4.69, 9.17) is 9.47 Å². The monoisotopic (exact) mass is 313 g/mol. The van der Waals surface area contributed by atoms with E-state index in [2.05, 4.69) is 12.2 Å². The third-order valence-corrected chi connectivity index (χ3v) is 3.43. The van der Waals surface area contributed by atoms with Gasteiger partial charge in [0.25, 0.3) is 5.91 Å². The second-order valence-electron chi connectivity index (χ2n) is 5.03. The molecule has 2 aromatic carbocycles. The van der Waals surface area contributed by atoms with Gasteiger partial charge in [0.05, 0.1) is 18.9 Å². The first-order valence-electron chi connectivity index (χ1n) is 7.97. The molecule has 1 amide bonds. The van der Waals surface area contributed by atoms with Crippen LogP contribution in [0.15, 0.2) is 42.5 Å². The van der Waals surface area contributed by atoms with E-state index in [1.807, 2.05) is 50.2 Å². The number of benzene rings is 2. The fourth-order valence-corrected chi connectivity index (χ4v) is 2.23. The van der Waals surface area contributed by atoms with Crippen LogP contribution in [-0.2, 0) is 6.42 Å². The minimum Gasteiger partial charge on any atom is -0.494 e. The van der Waals surface area contributed by atoms with Crippen molar-refractivity contribution in [3.05, 3.63) is 53.6 Å². The molecule has 0 aromatic heterocycles. The summed E-state index contributed by atoms with van der Waals surface area (Å²) in [6, 6.07) is 13.0. The Morgan fingerprint density at radius 3 is 2.26 bits per heavy atom. The fourth-order valence-electron chi connectivity index (χ4n) is 2.23. The van der Waals surface area contributed by atoms with Crippen LogP contribution in [0.1, 0.15) is 36.7 Å². The smallest absolute Gasteiger partial charge is 0.255 e. The van der Waals surface area contributed by atoms with Crippen LogP contribution < -0.4 is 14.8 Å². The normalized spacial score (nSPS) is 10.2. The molecule has 0 atom stereocenters.